The number of benzene rings is 1. The number of rotatable bonds is 8. The van der Waals surface area contributed by atoms with Crippen molar-refractivity contribution in [3.8, 4) is 5.75 Å². The van der Waals surface area contributed by atoms with Crippen LogP contribution >= 0.6 is 0 Å². The van der Waals surface area contributed by atoms with Crippen molar-refractivity contribution in [3.05, 3.63) is 29.8 Å². The quantitative estimate of drug-likeness (QED) is 0.751. The standard InChI is InChI=1S/C13H19F2NO2/c1-2-4-16-12(3-5-17)9-18-13-7-10(14)6-11(15)8-13/h6-8,12,16-17H,2-5,9H2,1H3. The van der Waals surface area contributed by atoms with E-state index < -0.39 is 11.6 Å². The number of ether oxygens (including phenoxy) is 1. The smallest absolute Gasteiger partial charge is 0.129 e. The van der Waals surface area contributed by atoms with Gasteiger partial charge < -0.3 is 15.2 Å². The van der Waals surface area contributed by atoms with E-state index in [0.29, 0.717) is 6.42 Å². The molecule has 0 aliphatic heterocycles. The van der Waals surface area contributed by atoms with E-state index >= 15 is 0 Å². The van der Waals surface area contributed by atoms with Gasteiger partial charge in [0.2, 0.25) is 0 Å². The summed E-state index contributed by atoms with van der Waals surface area (Å²) in [6.07, 6.45) is 1.51. The van der Waals surface area contributed by atoms with E-state index in [-0.39, 0.29) is 25.0 Å². The number of halogens is 2. The van der Waals surface area contributed by atoms with Crippen LogP contribution in [0.15, 0.2) is 18.2 Å². The Morgan fingerprint density at radius 3 is 2.50 bits per heavy atom. The fourth-order valence-corrected chi connectivity index (χ4v) is 1.56. The first kappa shape index (κ1) is 14.9. The largest absolute Gasteiger partial charge is 0.492 e. The Morgan fingerprint density at radius 1 is 1.28 bits per heavy atom. The topological polar surface area (TPSA) is 41.5 Å². The third kappa shape index (κ3) is 5.42. The second kappa shape index (κ2) is 8.00. The van der Waals surface area contributed by atoms with Crippen LogP contribution in [0, 0.1) is 11.6 Å². The van der Waals surface area contributed by atoms with Crippen LogP contribution in [-0.4, -0.2) is 30.9 Å². The fraction of sp³-hybridized carbons (Fsp3) is 0.538. The van der Waals surface area contributed by atoms with Crippen LogP contribution in [0.25, 0.3) is 0 Å². The lowest BCUT2D eigenvalue weighted by Gasteiger charge is -2.18. The van der Waals surface area contributed by atoms with E-state index in [4.69, 9.17) is 9.84 Å². The molecule has 3 nitrogen and oxygen atoms in total. The predicted molar refractivity (Wildman–Crippen MR) is 65.6 cm³/mol. The summed E-state index contributed by atoms with van der Waals surface area (Å²) in [5.41, 5.74) is 0. The molecule has 0 fully saturated rings. The van der Waals surface area contributed by atoms with Crippen molar-refractivity contribution in [3.63, 3.8) is 0 Å². The number of hydrogen-bond acceptors (Lipinski definition) is 3. The van der Waals surface area contributed by atoms with E-state index in [9.17, 15) is 8.78 Å². The lowest BCUT2D eigenvalue weighted by atomic mass is 10.2. The highest BCUT2D eigenvalue weighted by atomic mass is 19.1. The zero-order valence-corrected chi connectivity index (χ0v) is 10.5. The maximum atomic E-state index is 12.9. The summed E-state index contributed by atoms with van der Waals surface area (Å²) in [6, 6.07) is 3.05. The molecule has 1 aromatic carbocycles. The van der Waals surface area contributed by atoms with E-state index in [2.05, 4.69) is 5.32 Å². The molecule has 0 heterocycles. The summed E-state index contributed by atoms with van der Waals surface area (Å²) in [6.45, 7) is 3.16. The summed E-state index contributed by atoms with van der Waals surface area (Å²) in [7, 11) is 0. The molecule has 18 heavy (non-hydrogen) atoms. The van der Waals surface area contributed by atoms with E-state index in [1.807, 2.05) is 6.92 Å². The molecule has 1 aromatic rings. The highest BCUT2D eigenvalue weighted by Gasteiger charge is 2.09. The lowest BCUT2D eigenvalue weighted by molar-refractivity contribution is 0.213. The van der Waals surface area contributed by atoms with Crippen molar-refractivity contribution in [2.75, 3.05) is 19.8 Å². The summed E-state index contributed by atoms with van der Waals surface area (Å²) in [5.74, 6) is -1.16. The van der Waals surface area contributed by atoms with Crippen LogP contribution < -0.4 is 10.1 Å². The summed E-state index contributed by atoms with van der Waals surface area (Å²) in [5, 5.41) is 12.1. The number of aliphatic hydroxyl groups excluding tert-OH is 1. The van der Waals surface area contributed by atoms with Gasteiger partial charge in [-0.15, -0.1) is 0 Å². The molecule has 0 radical (unpaired) electrons. The second-order valence-corrected chi connectivity index (χ2v) is 4.08. The van der Waals surface area contributed by atoms with Crippen LogP contribution in [0.4, 0.5) is 8.78 Å². The van der Waals surface area contributed by atoms with Crippen LogP contribution in [0.2, 0.25) is 0 Å². The van der Waals surface area contributed by atoms with Crippen molar-refractivity contribution in [2.45, 2.75) is 25.8 Å². The van der Waals surface area contributed by atoms with Crippen molar-refractivity contribution < 1.29 is 18.6 Å². The Kier molecular flexibility index (Phi) is 6.60. The lowest BCUT2D eigenvalue weighted by Crippen LogP contribution is -2.36. The van der Waals surface area contributed by atoms with E-state index in [1.54, 1.807) is 0 Å². The third-order valence-corrected chi connectivity index (χ3v) is 2.45. The molecule has 0 amide bonds. The molecular weight excluding hydrogens is 240 g/mol. The van der Waals surface area contributed by atoms with Gasteiger partial charge in [0.1, 0.15) is 24.0 Å². The van der Waals surface area contributed by atoms with Crippen molar-refractivity contribution >= 4 is 0 Å². The van der Waals surface area contributed by atoms with Gasteiger partial charge in [-0.05, 0) is 19.4 Å². The maximum Gasteiger partial charge on any atom is 0.129 e. The Labute approximate surface area is 106 Å². The van der Waals surface area contributed by atoms with Crippen LogP contribution in [0.5, 0.6) is 5.75 Å². The van der Waals surface area contributed by atoms with Gasteiger partial charge in [-0.3, -0.25) is 0 Å². The zero-order chi connectivity index (χ0) is 13.4. The molecule has 0 aliphatic rings. The van der Waals surface area contributed by atoms with Gasteiger partial charge in [0.25, 0.3) is 0 Å². The number of aliphatic hydroxyl groups is 1. The molecule has 1 atom stereocenters. The fourth-order valence-electron chi connectivity index (χ4n) is 1.56. The molecule has 1 rings (SSSR count). The highest BCUT2D eigenvalue weighted by molar-refractivity contribution is 5.23. The average Bonchev–Trinajstić information content (AvgIpc) is 2.31. The molecule has 0 aliphatic carbocycles. The normalized spacial score (nSPS) is 12.4. The summed E-state index contributed by atoms with van der Waals surface area (Å²) < 4.78 is 31.2. The molecule has 0 aromatic heterocycles. The molecule has 102 valence electrons. The molecule has 0 bridgehead atoms. The minimum atomic E-state index is -0.662. The Hall–Kier alpha value is -1.20. The highest BCUT2D eigenvalue weighted by Crippen LogP contribution is 2.15. The monoisotopic (exact) mass is 259 g/mol. The van der Waals surface area contributed by atoms with Gasteiger partial charge in [0, 0.05) is 30.8 Å². The van der Waals surface area contributed by atoms with Gasteiger partial charge in [0.15, 0.2) is 0 Å². The van der Waals surface area contributed by atoms with Gasteiger partial charge >= 0.3 is 0 Å². The minimum absolute atomic E-state index is 0.0266. The first-order valence-electron chi connectivity index (χ1n) is 6.08. The van der Waals surface area contributed by atoms with Gasteiger partial charge in [0.05, 0.1) is 0 Å². The Morgan fingerprint density at radius 2 is 1.94 bits per heavy atom. The number of hydrogen-bond donors (Lipinski definition) is 2. The van der Waals surface area contributed by atoms with Gasteiger partial charge in [-0.1, -0.05) is 6.92 Å². The molecule has 0 saturated carbocycles. The average molecular weight is 259 g/mol. The van der Waals surface area contributed by atoms with Crippen molar-refractivity contribution in [1.29, 1.82) is 0 Å². The van der Waals surface area contributed by atoms with Crippen LogP contribution in [-0.2, 0) is 0 Å². The maximum absolute atomic E-state index is 12.9. The minimum Gasteiger partial charge on any atom is -0.492 e. The SMILES string of the molecule is CCCNC(CCO)COc1cc(F)cc(F)c1. The molecule has 5 heteroatoms. The van der Waals surface area contributed by atoms with Crippen molar-refractivity contribution in [1.82, 2.24) is 5.32 Å². The van der Waals surface area contributed by atoms with Crippen LogP contribution in [0.3, 0.4) is 0 Å². The van der Waals surface area contributed by atoms with Gasteiger partial charge in [-0.2, -0.15) is 0 Å². The second-order valence-electron chi connectivity index (χ2n) is 4.08. The predicted octanol–water partition coefficient (Wildman–Crippen LogP) is 2.09. The Balaban J connectivity index is 2.49. The number of nitrogens with one attached hydrogen (secondary N) is 1. The van der Waals surface area contributed by atoms with Crippen LogP contribution in [0.1, 0.15) is 19.8 Å². The molecule has 0 saturated heterocycles. The Bertz CT molecular complexity index is 341. The zero-order valence-electron chi connectivity index (χ0n) is 10.5. The summed E-state index contributed by atoms with van der Waals surface area (Å²) >= 11 is 0. The summed E-state index contributed by atoms with van der Waals surface area (Å²) in [4.78, 5) is 0. The van der Waals surface area contributed by atoms with E-state index in [1.165, 1.54) is 0 Å². The molecule has 0 spiro atoms. The van der Waals surface area contributed by atoms with Crippen molar-refractivity contribution in [2.24, 2.45) is 0 Å². The van der Waals surface area contributed by atoms with E-state index in [0.717, 1.165) is 31.2 Å². The molecular formula is C13H19F2NO2. The van der Waals surface area contributed by atoms with Gasteiger partial charge in [-0.25, -0.2) is 8.78 Å². The molecule has 2 N–H and O–H groups in total. The first-order valence-corrected chi connectivity index (χ1v) is 6.08. The first-order chi connectivity index (χ1) is 8.65. The molecule has 1 unspecified atom stereocenters. The third-order valence-electron chi connectivity index (χ3n) is 2.45.